The maximum atomic E-state index is 12.3. The molecular weight excluding hydrogens is 264 g/mol. The Morgan fingerprint density at radius 2 is 1.62 bits per heavy atom. The number of amides is 2. The molecule has 4 nitrogen and oxygen atoms in total. The highest BCUT2D eigenvalue weighted by Gasteiger charge is 2.35. The van der Waals surface area contributed by atoms with Crippen LogP contribution in [0.25, 0.3) is 0 Å². The Kier molecular flexibility index (Phi) is 4.23. The molecule has 112 valence electrons. The lowest BCUT2D eigenvalue weighted by atomic mass is 9.84. The van der Waals surface area contributed by atoms with E-state index in [1.165, 1.54) is 32.1 Å². The van der Waals surface area contributed by atoms with Crippen LogP contribution in [0.5, 0.6) is 0 Å². The largest absolute Gasteiger partial charge is 0.342 e. The minimum atomic E-state index is -0.554. The Balaban J connectivity index is 1.64. The Bertz CT molecular complexity index is 509. The van der Waals surface area contributed by atoms with Crippen molar-refractivity contribution in [1.82, 2.24) is 10.6 Å². The van der Waals surface area contributed by atoms with Crippen LogP contribution in [0.3, 0.4) is 0 Å². The molecule has 1 heterocycles. The first-order chi connectivity index (χ1) is 10.2. The van der Waals surface area contributed by atoms with E-state index in [1.54, 1.807) is 0 Å². The lowest BCUT2D eigenvalue weighted by Crippen LogP contribution is -2.58. The van der Waals surface area contributed by atoms with Crippen LogP contribution in [0.1, 0.15) is 50.1 Å². The second kappa shape index (κ2) is 6.29. The van der Waals surface area contributed by atoms with Gasteiger partial charge in [-0.2, -0.15) is 0 Å². The number of hydrogen-bond acceptors (Lipinski definition) is 2. The summed E-state index contributed by atoms with van der Waals surface area (Å²) in [6.45, 7) is 0. The fourth-order valence-corrected chi connectivity index (χ4v) is 3.43. The van der Waals surface area contributed by atoms with Crippen LogP contribution in [0.4, 0.5) is 0 Å². The molecule has 1 saturated carbocycles. The van der Waals surface area contributed by atoms with Crippen molar-refractivity contribution in [1.29, 1.82) is 0 Å². The number of piperazine rings is 1. The molecule has 0 aromatic heterocycles. The maximum absolute atomic E-state index is 12.3. The van der Waals surface area contributed by atoms with Crippen LogP contribution in [-0.4, -0.2) is 17.9 Å². The molecule has 1 aromatic carbocycles. The number of carbonyl (C=O) groups excluding carboxylic acids is 2. The zero-order valence-electron chi connectivity index (χ0n) is 12.2. The van der Waals surface area contributed by atoms with Gasteiger partial charge in [-0.3, -0.25) is 9.59 Å². The first kappa shape index (κ1) is 14.1. The Labute approximate surface area is 125 Å². The molecule has 0 bridgehead atoms. The zero-order valence-corrected chi connectivity index (χ0v) is 12.2. The van der Waals surface area contributed by atoms with Crippen molar-refractivity contribution in [3.05, 3.63) is 35.9 Å². The number of rotatable bonds is 3. The van der Waals surface area contributed by atoms with E-state index in [1.807, 2.05) is 30.3 Å². The third-order valence-corrected chi connectivity index (χ3v) is 4.61. The van der Waals surface area contributed by atoms with Gasteiger partial charge >= 0.3 is 0 Å². The van der Waals surface area contributed by atoms with E-state index in [4.69, 9.17) is 0 Å². The molecule has 0 unspecified atom stereocenters. The second-order valence-corrected chi connectivity index (χ2v) is 6.15. The van der Waals surface area contributed by atoms with E-state index in [0.29, 0.717) is 5.92 Å². The summed E-state index contributed by atoms with van der Waals surface area (Å²) < 4.78 is 0. The van der Waals surface area contributed by atoms with Crippen molar-refractivity contribution >= 4 is 11.8 Å². The summed E-state index contributed by atoms with van der Waals surface area (Å²) >= 11 is 0. The minimum Gasteiger partial charge on any atom is -0.342 e. The quantitative estimate of drug-likeness (QED) is 0.896. The predicted molar refractivity (Wildman–Crippen MR) is 80.4 cm³/mol. The molecule has 2 fully saturated rings. The van der Waals surface area contributed by atoms with Crippen LogP contribution in [-0.2, 0) is 9.59 Å². The molecule has 0 spiro atoms. The molecule has 3 rings (SSSR count). The highest BCUT2D eigenvalue weighted by atomic mass is 16.2. The highest BCUT2D eigenvalue weighted by molar-refractivity contribution is 5.97. The van der Waals surface area contributed by atoms with Gasteiger partial charge in [0.15, 0.2) is 0 Å². The highest BCUT2D eigenvalue weighted by Crippen LogP contribution is 2.28. The lowest BCUT2D eigenvalue weighted by Gasteiger charge is -2.32. The second-order valence-electron chi connectivity index (χ2n) is 6.15. The van der Waals surface area contributed by atoms with Crippen molar-refractivity contribution in [3.8, 4) is 0 Å². The maximum Gasteiger partial charge on any atom is 0.247 e. The normalized spacial score (nSPS) is 27.0. The number of carbonyl (C=O) groups is 2. The van der Waals surface area contributed by atoms with Gasteiger partial charge in [0.1, 0.15) is 12.1 Å². The molecule has 1 aromatic rings. The molecule has 2 N–H and O–H groups in total. The van der Waals surface area contributed by atoms with E-state index in [2.05, 4.69) is 10.6 Å². The standard InChI is InChI=1S/C17H22N2O2/c20-16-14(11-12-7-3-1-4-8-12)18-17(21)15(19-16)13-9-5-2-6-10-13/h2,5-6,9-10,12,14-15H,1,3-4,7-8,11H2,(H,18,21)(H,19,20)/t14-,15-/m0/s1. The molecule has 4 heteroatoms. The molecule has 21 heavy (non-hydrogen) atoms. The summed E-state index contributed by atoms with van der Waals surface area (Å²) in [6.07, 6.45) is 6.94. The van der Waals surface area contributed by atoms with E-state index in [0.717, 1.165) is 12.0 Å². The van der Waals surface area contributed by atoms with Crippen molar-refractivity contribution in [2.24, 2.45) is 5.92 Å². The van der Waals surface area contributed by atoms with Crippen LogP contribution >= 0.6 is 0 Å². The van der Waals surface area contributed by atoms with E-state index in [9.17, 15) is 9.59 Å². The van der Waals surface area contributed by atoms with Gasteiger partial charge in [0.25, 0.3) is 0 Å². The third-order valence-electron chi connectivity index (χ3n) is 4.61. The fraction of sp³-hybridized carbons (Fsp3) is 0.529. The molecule has 0 radical (unpaired) electrons. The minimum absolute atomic E-state index is 0.0472. The molecule has 1 aliphatic heterocycles. The average Bonchev–Trinajstić information content (AvgIpc) is 2.52. The Hall–Kier alpha value is -1.84. The van der Waals surface area contributed by atoms with Gasteiger partial charge in [0.2, 0.25) is 11.8 Å². The van der Waals surface area contributed by atoms with Gasteiger partial charge in [-0.1, -0.05) is 62.4 Å². The van der Waals surface area contributed by atoms with Gasteiger partial charge in [-0.15, -0.1) is 0 Å². The summed E-state index contributed by atoms with van der Waals surface area (Å²) in [6, 6.07) is 8.48. The van der Waals surface area contributed by atoms with Gasteiger partial charge in [0.05, 0.1) is 0 Å². The smallest absolute Gasteiger partial charge is 0.247 e. The van der Waals surface area contributed by atoms with Gasteiger partial charge in [-0.05, 0) is 17.9 Å². The van der Waals surface area contributed by atoms with Crippen LogP contribution in [0, 0.1) is 5.92 Å². The van der Waals surface area contributed by atoms with Gasteiger partial charge < -0.3 is 10.6 Å². The predicted octanol–water partition coefficient (Wildman–Crippen LogP) is 2.31. The van der Waals surface area contributed by atoms with E-state index in [-0.39, 0.29) is 17.9 Å². The third kappa shape index (κ3) is 3.26. The first-order valence-corrected chi connectivity index (χ1v) is 7.90. The van der Waals surface area contributed by atoms with E-state index < -0.39 is 6.04 Å². The van der Waals surface area contributed by atoms with Gasteiger partial charge in [-0.25, -0.2) is 0 Å². The summed E-state index contributed by atoms with van der Waals surface area (Å²) in [5.74, 6) is 0.429. The summed E-state index contributed by atoms with van der Waals surface area (Å²) in [7, 11) is 0. The average molecular weight is 286 g/mol. The topological polar surface area (TPSA) is 58.2 Å². The number of benzene rings is 1. The monoisotopic (exact) mass is 286 g/mol. The SMILES string of the molecule is O=C1N[C@@H](c2ccccc2)C(=O)N[C@H]1CC1CCCCC1. The molecule has 2 atom stereocenters. The Morgan fingerprint density at radius 3 is 2.33 bits per heavy atom. The first-order valence-electron chi connectivity index (χ1n) is 7.90. The fourth-order valence-electron chi connectivity index (χ4n) is 3.43. The van der Waals surface area contributed by atoms with Gasteiger partial charge in [0, 0.05) is 0 Å². The zero-order chi connectivity index (χ0) is 14.7. The van der Waals surface area contributed by atoms with Crippen molar-refractivity contribution in [2.75, 3.05) is 0 Å². The van der Waals surface area contributed by atoms with Crippen molar-refractivity contribution in [3.63, 3.8) is 0 Å². The number of nitrogens with one attached hydrogen (secondary N) is 2. The van der Waals surface area contributed by atoms with Crippen molar-refractivity contribution < 1.29 is 9.59 Å². The molecule has 2 aliphatic rings. The molecule has 1 saturated heterocycles. The van der Waals surface area contributed by atoms with Crippen LogP contribution in [0.2, 0.25) is 0 Å². The lowest BCUT2D eigenvalue weighted by molar-refractivity contribution is -0.137. The molecular formula is C17H22N2O2. The summed E-state index contributed by atoms with van der Waals surface area (Å²) in [5.41, 5.74) is 0.833. The Morgan fingerprint density at radius 1 is 0.905 bits per heavy atom. The molecule has 1 aliphatic carbocycles. The van der Waals surface area contributed by atoms with E-state index >= 15 is 0 Å². The number of hydrogen-bond donors (Lipinski definition) is 2. The van der Waals surface area contributed by atoms with Crippen molar-refractivity contribution in [2.45, 2.75) is 50.6 Å². The summed E-state index contributed by atoms with van der Waals surface area (Å²) in [5, 5.41) is 5.78. The molecule has 2 amide bonds. The van der Waals surface area contributed by atoms with Crippen LogP contribution < -0.4 is 10.6 Å². The van der Waals surface area contributed by atoms with Crippen LogP contribution in [0.15, 0.2) is 30.3 Å². The summed E-state index contributed by atoms with van der Waals surface area (Å²) in [4.78, 5) is 24.5.